The van der Waals surface area contributed by atoms with E-state index >= 15 is 0 Å². The van der Waals surface area contributed by atoms with E-state index in [1.807, 2.05) is 0 Å². The van der Waals surface area contributed by atoms with Crippen LogP contribution in [0.1, 0.15) is 16.4 Å². The maximum Gasteiger partial charge on any atom is 0.286 e. The standard InChI is InChI=1S/C7H8N4O/c1-2-3-5-9-4-10-7(11-5)6(8)12/h2,4H,1,3H2,(H2,8,12). The van der Waals surface area contributed by atoms with Crippen LogP contribution in [-0.2, 0) is 6.42 Å². The Bertz CT molecular complexity index is 310. The third kappa shape index (κ3) is 1.85. The quantitative estimate of drug-likeness (QED) is 0.622. The first-order valence-electron chi connectivity index (χ1n) is 3.32. The number of nitrogens with zero attached hydrogens (tertiary/aromatic N) is 3. The average molecular weight is 164 g/mol. The molecule has 1 rings (SSSR count). The van der Waals surface area contributed by atoms with Gasteiger partial charge in [0.2, 0.25) is 5.82 Å². The number of carbonyl (C=O) groups is 1. The Morgan fingerprint density at radius 2 is 2.42 bits per heavy atom. The minimum atomic E-state index is -0.650. The van der Waals surface area contributed by atoms with Gasteiger partial charge in [-0.05, 0) is 0 Å². The highest BCUT2D eigenvalue weighted by Gasteiger charge is 2.04. The van der Waals surface area contributed by atoms with Gasteiger partial charge in [0.25, 0.3) is 5.91 Å². The van der Waals surface area contributed by atoms with E-state index in [0.717, 1.165) is 0 Å². The zero-order valence-electron chi connectivity index (χ0n) is 6.40. The summed E-state index contributed by atoms with van der Waals surface area (Å²) < 4.78 is 0. The SMILES string of the molecule is C=CCc1ncnc(C(N)=O)n1. The molecule has 2 N–H and O–H groups in total. The lowest BCUT2D eigenvalue weighted by molar-refractivity contribution is 0.0989. The van der Waals surface area contributed by atoms with Gasteiger partial charge in [0, 0.05) is 6.42 Å². The van der Waals surface area contributed by atoms with E-state index in [9.17, 15) is 4.79 Å². The van der Waals surface area contributed by atoms with Crippen LogP contribution < -0.4 is 5.73 Å². The molecule has 12 heavy (non-hydrogen) atoms. The maximum absolute atomic E-state index is 10.6. The van der Waals surface area contributed by atoms with Crippen molar-refractivity contribution in [3.63, 3.8) is 0 Å². The van der Waals surface area contributed by atoms with E-state index < -0.39 is 5.91 Å². The Balaban J connectivity index is 2.95. The van der Waals surface area contributed by atoms with E-state index in [4.69, 9.17) is 5.73 Å². The maximum atomic E-state index is 10.6. The molecule has 1 aromatic rings. The van der Waals surface area contributed by atoms with Crippen molar-refractivity contribution in [1.29, 1.82) is 0 Å². The number of hydrogen-bond donors (Lipinski definition) is 1. The molecule has 0 saturated carbocycles. The van der Waals surface area contributed by atoms with Crippen molar-refractivity contribution in [3.8, 4) is 0 Å². The number of allylic oxidation sites excluding steroid dienone is 1. The second-order valence-electron chi connectivity index (χ2n) is 2.08. The lowest BCUT2D eigenvalue weighted by Gasteiger charge is -1.95. The lowest BCUT2D eigenvalue weighted by Crippen LogP contribution is -2.16. The molecule has 5 heteroatoms. The van der Waals surface area contributed by atoms with Gasteiger partial charge in [-0.3, -0.25) is 4.79 Å². The molecule has 1 aromatic heterocycles. The predicted molar refractivity (Wildman–Crippen MR) is 42.2 cm³/mol. The fraction of sp³-hybridized carbons (Fsp3) is 0.143. The first kappa shape index (κ1) is 8.32. The number of carbonyl (C=O) groups excluding carboxylic acids is 1. The summed E-state index contributed by atoms with van der Waals surface area (Å²) in [6, 6.07) is 0. The minimum absolute atomic E-state index is 0.0122. The average Bonchev–Trinajstić information content (AvgIpc) is 2.05. The first-order chi connectivity index (χ1) is 5.74. The topological polar surface area (TPSA) is 81.8 Å². The van der Waals surface area contributed by atoms with Gasteiger partial charge in [0.05, 0.1) is 0 Å². The molecule has 0 radical (unpaired) electrons. The second kappa shape index (κ2) is 3.56. The van der Waals surface area contributed by atoms with Gasteiger partial charge in [-0.15, -0.1) is 6.58 Å². The van der Waals surface area contributed by atoms with E-state index in [1.165, 1.54) is 6.33 Å². The molecule has 5 nitrogen and oxygen atoms in total. The Labute approximate surface area is 69.4 Å². The van der Waals surface area contributed by atoms with Crippen molar-refractivity contribution in [2.45, 2.75) is 6.42 Å². The summed E-state index contributed by atoms with van der Waals surface area (Å²) >= 11 is 0. The molecule has 0 spiro atoms. The molecular weight excluding hydrogens is 156 g/mol. The number of primary amides is 1. The second-order valence-corrected chi connectivity index (χ2v) is 2.08. The summed E-state index contributed by atoms with van der Waals surface area (Å²) in [5.41, 5.74) is 4.96. The summed E-state index contributed by atoms with van der Waals surface area (Å²) in [5.74, 6) is -0.168. The Hall–Kier alpha value is -1.78. The highest BCUT2D eigenvalue weighted by Crippen LogP contribution is 1.91. The zero-order chi connectivity index (χ0) is 8.97. The highest BCUT2D eigenvalue weighted by atomic mass is 16.1. The minimum Gasteiger partial charge on any atom is -0.363 e. The molecule has 1 heterocycles. The normalized spacial score (nSPS) is 9.33. The van der Waals surface area contributed by atoms with Gasteiger partial charge in [-0.25, -0.2) is 15.0 Å². The van der Waals surface area contributed by atoms with Gasteiger partial charge in [0.1, 0.15) is 12.2 Å². The molecule has 0 fully saturated rings. The van der Waals surface area contributed by atoms with Crippen molar-refractivity contribution < 1.29 is 4.79 Å². The molecule has 0 bridgehead atoms. The van der Waals surface area contributed by atoms with Crippen molar-refractivity contribution in [2.24, 2.45) is 5.73 Å². The third-order valence-corrected chi connectivity index (χ3v) is 1.17. The van der Waals surface area contributed by atoms with Crippen LogP contribution in [0.15, 0.2) is 19.0 Å². The van der Waals surface area contributed by atoms with Gasteiger partial charge in [-0.1, -0.05) is 6.08 Å². The molecule has 0 aliphatic carbocycles. The number of rotatable bonds is 3. The van der Waals surface area contributed by atoms with Crippen LogP contribution >= 0.6 is 0 Å². The van der Waals surface area contributed by atoms with Crippen LogP contribution in [-0.4, -0.2) is 20.9 Å². The summed E-state index contributed by atoms with van der Waals surface area (Å²) in [4.78, 5) is 21.8. The van der Waals surface area contributed by atoms with Crippen LogP contribution in [0.4, 0.5) is 0 Å². The fourth-order valence-corrected chi connectivity index (χ4v) is 0.676. The smallest absolute Gasteiger partial charge is 0.286 e. The highest BCUT2D eigenvalue weighted by molar-refractivity contribution is 5.88. The molecular formula is C7H8N4O. The number of aromatic nitrogens is 3. The van der Waals surface area contributed by atoms with Crippen LogP contribution in [0.5, 0.6) is 0 Å². The van der Waals surface area contributed by atoms with Gasteiger partial charge in [0.15, 0.2) is 0 Å². The molecule has 0 aliphatic rings. The fourth-order valence-electron chi connectivity index (χ4n) is 0.676. The lowest BCUT2D eigenvalue weighted by atomic mass is 10.4. The van der Waals surface area contributed by atoms with E-state index in [0.29, 0.717) is 12.2 Å². The zero-order valence-corrected chi connectivity index (χ0v) is 6.40. The summed E-state index contributed by atoms with van der Waals surface area (Å²) in [5, 5.41) is 0. The van der Waals surface area contributed by atoms with Crippen molar-refractivity contribution in [1.82, 2.24) is 15.0 Å². The molecule has 0 atom stereocenters. The van der Waals surface area contributed by atoms with Crippen LogP contribution in [0.25, 0.3) is 0 Å². The van der Waals surface area contributed by atoms with Gasteiger partial charge in [-0.2, -0.15) is 0 Å². The number of nitrogens with two attached hydrogens (primary N) is 1. The van der Waals surface area contributed by atoms with Crippen molar-refractivity contribution in [3.05, 3.63) is 30.6 Å². The largest absolute Gasteiger partial charge is 0.363 e. The van der Waals surface area contributed by atoms with Gasteiger partial charge >= 0.3 is 0 Å². The Morgan fingerprint density at radius 1 is 1.67 bits per heavy atom. The monoisotopic (exact) mass is 164 g/mol. The Morgan fingerprint density at radius 3 is 3.00 bits per heavy atom. The first-order valence-corrected chi connectivity index (χ1v) is 3.32. The van der Waals surface area contributed by atoms with Crippen molar-refractivity contribution >= 4 is 5.91 Å². The van der Waals surface area contributed by atoms with E-state index in [1.54, 1.807) is 6.08 Å². The number of hydrogen-bond acceptors (Lipinski definition) is 4. The predicted octanol–water partition coefficient (Wildman–Crippen LogP) is -0.301. The Kier molecular flexibility index (Phi) is 2.47. The van der Waals surface area contributed by atoms with Gasteiger partial charge < -0.3 is 5.73 Å². The van der Waals surface area contributed by atoms with Crippen molar-refractivity contribution in [2.75, 3.05) is 0 Å². The summed E-state index contributed by atoms with van der Waals surface area (Å²) in [6.07, 6.45) is 3.40. The summed E-state index contributed by atoms with van der Waals surface area (Å²) in [7, 11) is 0. The summed E-state index contributed by atoms with van der Waals surface area (Å²) in [6.45, 7) is 3.51. The van der Waals surface area contributed by atoms with Crippen LogP contribution in [0, 0.1) is 0 Å². The third-order valence-electron chi connectivity index (χ3n) is 1.17. The molecule has 62 valence electrons. The van der Waals surface area contributed by atoms with Crippen LogP contribution in [0.2, 0.25) is 0 Å². The number of amides is 1. The van der Waals surface area contributed by atoms with Crippen LogP contribution in [0.3, 0.4) is 0 Å². The van der Waals surface area contributed by atoms with E-state index in [2.05, 4.69) is 21.5 Å². The molecule has 0 aromatic carbocycles. The molecule has 1 amide bonds. The molecule has 0 unspecified atom stereocenters. The molecule has 0 saturated heterocycles. The molecule has 0 aliphatic heterocycles. The van der Waals surface area contributed by atoms with E-state index in [-0.39, 0.29) is 5.82 Å².